The van der Waals surface area contributed by atoms with Crippen LogP contribution in [-0.2, 0) is 6.54 Å². The second-order valence-electron chi connectivity index (χ2n) is 4.30. The Balaban J connectivity index is 2.26. The smallest absolute Gasteiger partial charge is 0.142 e. The molecule has 0 unspecified atom stereocenters. The van der Waals surface area contributed by atoms with Gasteiger partial charge in [0.15, 0.2) is 0 Å². The topological polar surface area (TPSA) is 36.3 Å². The van der Waals surface area contributed by atoms with E-state index in [2.05, 4.69) is 11.0 Å². The first-order valence-corrected chi connectivity index (χ1v) is 6.08. The highest BCUT2D eigenvalue weighted by Crippen LogP contribution is 2.28. The molecular weight excluding hydrogens is 236 g/mol. The molecule has 0 bridgehead atoms. The van der Waals surface area contributed by atoms with E-state index in [0.29, 0.717) is 12.1 Å². The van der Waals surface area contributed by atoms with Crippen molar-refractivity contribution in [3.8, 4) is 11.8 Å². The summed E-state index contributed by atoms with van der Waals surface area (Å²) in [6, 6.07) is 17.7. The maximum atomic E-state index is 9.11. The SMILES string of the molecule is COc1ccccc1N(C)Cc1ccccc1C#N. The van der Waals surface area contributed by atoms with Gasteiger partial charge in [0.25, 0.3) is 0 Å². The molecular formula is C16H16N2O. The summed E-state index contributed by atoms with van der Waals surface area (Å²) in [5.74, 6) is 0.833. The van der Waals surface area contributed by atoms with Gasteiger partial charge < -0.3 is 9.64 Å². The van der Waals surface area contributed by atoms with Crippen LogP contribution in [-0.4, -0.2) is 14.2 Å². The van der Waals surface area contributed by atoms with Crippen molar-refractivity contribution in [2.24, 2.45) is 0 Å². The zero-order valence-electron chi connectivity index (χ0n) is 11.1. The Morgan fingerprint density at radius 2 is 1.79 bits per heavy atom. The standard InChI is InChI=1S/C16H16N2O/c1-18(15-9-5-6-10-16(15)19-2)12-14-8-4-3-7-13(14)11-17/h3-10H,12H2,1-2H3. The molecule has 0 saturated heterocycles. The third-order valence-electron chi connectivity index (χ3n) is 3.04. The van der Waals surface area contributed by atoms with Crippen molar-refractivity contribution in [1.82, 2.24) is 0 Å². The molecule has 3 nitrogen and oxygen atoms in total. The Labute approximate surface area is 113 Å². The first-order chi connectivity index (χ1) is 9.26. The summed E-state index contributed by atoms with van der Waals surface area (Å²) < 4.78 is 5.35. The third-order valence-corrected chi connectivity index (χ3v) is 3.04. The molecule has 0 radical (unpaired) electrons. The monoisotopic (exact) mass is 252 g/mol. The number of nitriles is 1. The van der Waals surface area contributed by atoms with Crippen LogP contribution in [0.25, 0.3) is 0 Å². The molecule has 96 valence electrons. The highest BCUT2D eigenvalue weighted by Gasteiger charge is 2.09. The summed E-state index contributed by atoms with van der Waals surface area (Å²) in [6.45, 7) is 0.671. The molecule has 2 rings (SSSR count). The Morgan fingerprint density at radius 1 is 1.11 bits per heavy atom. The van der Waals surface area contributed by atoms with Crippen LogP contribution in [0.2, 0.25) is 0 Å². The van der Waals surface area contributed by atoms with Crippen molar-refractivity contribution >= 4 is 5.69 Å². The van der Waals surface area contributed by atoms with Crippen LogP contribution in [0.1, 0.15) is 11.1 Å². The summed E-state index contributed by atoms with van der Waals surface area (Å²) in [6.07, 6.45) is 0. The summed E-state index contributed by atoms with van der Waals surface area (Å²) in [5, 5.41) is 9.11. The maximum absolute atomic E-state index is 9.11. The minimum absolute atomic E-state index is 0.671. The zero-order valence-corrected chi connectivity index (χ0v) is 11.1. The summed E-state index contributed by atoms with van der Waals surface area (Å²) in [5.41, 5.74) is 2.74. The quantitative estimate of drug-likeness (QED) is 0.838. The molecule has 0 spiro atoms. The van der Waals surface area contributed by atoms with E-state index in [-0.39, 0.29) is 0 Å². The van der Waals surface area contributed by atoms with E-state index in [1.807, 2.05) is 55.6 Å². The average molecular weight is 252 g/mol. The molecule has 0 aliphatic heterocycles. The lowest BCUT2D eigenvalue weighted by Crippen LogP contribution is -2.17. The largest absolute Gasteiger partial charge is 0.495 e. The van der Waals surface area contributed by atoms with Crippen molar-refractivity contribution in [3.05, 3.63) is 59.7 Å². The molecule has 19 heavy (non-hydrogen) atoms. The Kier molecular flexibility index (Phi) is 4.04. The first kappa shape index (κ1) is 13.0. The minimum Gasteiger partial charge on any atom is -0.495 e. The van der Waals surface area contributed by atoms with Gasteiger partial charge in [0.05, 0.1) is 24.4 Å². The molecule has 0 aromatic heterocycles. The van der Waals surface area contributed by atoms with Gasteiger partial charge in [-0.25, -0.2) is 0 Å². The van der Waals surface area contributed by atoms with E-state index in [4.69, 9.17) is 10.00 Å². The highest BCUT2D eigenvalue weighted by molar-refractivity contribution is 5.58. The lowest BCUT2D eigenvalue weighted by Gasteiger charge is -2.22. The predicted octanol–water partition coefficient (Wildman–Crippen LogP) is 3.20. The van der Waals surface area contributed by atoms with E-state index < -0.39 is 0 Å². The fourth-order valence-corrected chi connectivity index (χ4v) is 2.05. The van der Waals surface area contributed by atoms with Crippen molar-refractivity contribution in [3.63, 3.8) is 0 Å². The van der Waals surface area contributed by atoms with Crippen LogP contribution in [0.5, 0.6) is 5.75 Å². The van der Waals surface area contributed by atoms with E-state index in [1.54, 1.807) is 7.11 Å². The number of methoxy groups -OCH3 is 1. The van der Waals surface area contributed by atoms with E-state index in [1.165, 1.54) is 0 Å². The molecule has 0 amide bonds. The van der Waals surface area contributed by atoms with Crippen LogP contribution in [0.4, 0.5) is 5.69 Å². The number of para-hydroxylation sites is 2. The fraction of sp³-hybridized carbons (Fsp3) is 0.188. The van der Waals surface area contributed by atoms with Gasteiger partial charge in [-0.2, -0.15) is 5.26 Å². The average Bonchev–Trinajstić information content (AvgIpc) is 2.47. The van der Waals surface area contributed by atoms with Crippen molar-refractivity contribution < 1.29 is 4.74 Å². The second-order valence-corrected chi connectivity index (χ2v) is 4.30. The molecule has 0 fully saturated rings. The van der Waals surface area contributed by atoms with E-state index >= 15 is 0 Å². The number of nitrogens with zero attached hydrogens (tertiary/aromatic N) is 2. The van der Waals surface area contributed by atoms with Gasteiger partial charge in [0.2, 0.25) is 0 Å². The van der Waals surface area contributed by atoms with Crippen LogP contribution >= 0.6 is 0 Å². The molecule has 0 saturated carbocycles. The van der Waals surface area contributed by atoms with Crippen LogP contribution < -0.4 is 9.64 Å². The fourth-order valence-electron chi connectivity index (χ4n) is 2.05. The minimum atomic E-state index is 0.671. The molecule has 2 aromatic rings. The molecule has 3 heteroatoms. The summed E-state index contributed by atoms with van der Waals surface area (Å²) >= 11 is 0. The number of hydrogen-bond donors (Lipinski definition) is 0. The zero-order chi connectivity index (χ0) is 13.7. The summed E-state index contributed by atoms with van der Waals surface area (Å²) in [4.78, 5) is 2.08. The summed E-state index contributed by atoms with van der Waals surface area (Å²) in [7, 11) is 3.65. The Morgan fingerprint density at radius 3 is 2.53 bits per heavy atom. The van der Waals surface area contributed by atoms with Crippen molar-refractivity contribution in [1.29, 1.82) is 5.26 Å². The van der Waals surface area contributed by atoms with Gasteiger partial charge >= 0.3 is 0 Å². The number of anilines is 1. The van der Waals surface area contributed by atoms with Gasteiger partial charge in [-0.3, -0.25) is 0 Å². The van der Waals surface area contributed by atoms with Gasteiger partial charge in [0, 0.05) is 13.6 Å². The van der Waals surface area contributed by atoms with E-state index in [0.717, 1.165) is 17.0 Å². The van der Waals surface area contributed by atoms with Crippen LogP contribution in [0, 0.1) is 11.3 Å². The maximum Gasteiger partial charge on any atom is 0.142 e. The number of benzene rings is 2. The van der Waals surface area contributed by atoms with Crippen molar-refractivity contribution in [2.75, 3.05) is 19.1 Å². The molecule has 2 aromatic carbocycles. The lowest BCUT2D eigenvalue weighted by atomic mass is 10.1. The van der Waals surface area contributed by atoms with E-state index in [9.17, 15) is 0 Å². The normalized spacial score (nSPS) is 9.74. The van der Waals surface area contributed by atoms with Gasteiger partial charge in [-0.15, -0.1) is 0 Å². The predicted molar refractivity (Wildman–Crippen MR) is 76.3 cm³/mol. The molecule has 0 N–H and O–H groups in total. The first-order valence-electron chi connectivity index (χ1n) is 6.08. The molecule has 0 atom stereocenters. The highest BCUT2D eigenvalue weighted by atomic mass is 16.5. The molecule has 0 aliphatic rings. The van der Waals surface area contributed by atoms with Crippen LogP contribution in [0.15, 0.2) is 48.5 Å². The van der Waals surface area contributed by atoms with Gasteiger partial charge in [0.1, 0.15) is 5.75 Å². The van der Waals surface area contributed by atoms with Gasteiger partial charge in [-0.1, -0.05) is 30.3 Å². The molecule has 0 aliphatic carbocycles. The number of rotatable bonds is 4. The number of hydrogen-bond acceptors (Lipinski definition) is 3. The Bertz CT molecular complexity index is 602. The number of ether oxygens (including phenoxy) is 1. The molecule has 0 heterocycles. The Hall–Kier alpha value is -2.47. The lowest BCUT2D eigenvalue weighted by molar-refractivity contribution is 0.415. The van der Waals surface area contributed by atoms with Crippen molar-refractivity contribution in [2.45, 2.75) is 6.54 Å². The second kappa shape index (κ2) is 5.92. The van der Waals surface area contributed by atoms with Gasteiger partial charge in [-0.05, 0) is 23.8 Å². The third kappa shape index (κ3) is 2.86. The van der Waals surface area contributed by atoms with Crippen LogP contribution in [0.3, 0.4) is 0 Å².